The fourth-order valence-corrected chi connectivity index (χ4v) is 4.11. The standard InChI is InChI=1S/C18H24F2N6O2S/c1-25(2)17-22-16(23-18(24-17)26-6-4-3-5-7-26)11-21-29(27,28)12-13-8-14(19)10-15(20)9-13/h8-10,21H,3-7,11-12H2,1-2H3. The summed E-state index contributed by atoms with van der Waals surface area (Å²) in [7, 11) is -0.261. The first-order chi connectivity index (χ1) is 13.7. The molecule has 1 fully saturated rings. The van der Waals surface area contributed by atoms with Crippen LogP contribution in [-0.2, 0) is 22.3 Å². The quantitative estimate of drug-likeness (QED) is 0.722. The Labute approximate surface area is 169 Å². The molecule has 29 heavy (non-hydrogen) atoms. The average molecular weight is 426 g/mol. The summed E-state index contributed by atoms with van der Waals surface area (Å²) in [5.41, 5.74) is 0.0219. The Morgan fingerprint density at radius 2 is 1.69 bits per heavy atom. The van der Waals surface area contributed by atoms with Crippen molar-refractivity contribution in [3.05, 3.63) is 41.2 Å². The van der Waals surface area contributed by atoms with E-state index in [1.807, 2.05) is 0 Å². The summed E-state index contributed by atoms with van der Waals surface area (Å²) >= 11 is 0. The Kier molecular flexibility index (Phi) is 6.58. The van der Waals surface area contributed by atoms with Crippen LogP contribution in [-0.4, -0.2) is 50.6 Å². The van der Waals surface area contributed by atoms with E-state index in [2.05, 4.69) is 24.6 Å². The molecule has 1 aromatic heterocycles. The highest BCUT2D eigenvalue weighted by atomic mass is 32.2. The van der Waals surface area contributed by atoms with E-state index in [0.29, 0.717) is 18.0 Å². The fourth-order valence-electron chi connectivity index (χ4n) is 3.05. The van der Waals surface area contributed by atoms with Gasteiger partial charge in [-0.3, -0.25) is 0 Å². The van der Waals surface area contributed by atoms with Crippen LogP contribution in [0.15, 0.2) is 18.2 Å². The Morgan fingerprint density at radius 3 is 2.31 bits per heavy atom. The van der Waals surface area contributed by atoms with Crippen LogP contribution in [0.2, 0.25) is 0 Å². The van der Waals surface area contributed by atoms with Gasteiger partial charge in [0.25, 0.3) is 0 Å². The number of anilines is 2. The minimum absolute atomic E-state index is 0.0219. The summed E-state index contributed by atoms with van der Waals surface area (Å²) in [4.78, 5) is 16.9. The summed E-state index contributed by atoms with van der Waals surface area (Å²) in [6, 6.07) is 2.67. The van der Waals surface area contributed by atoms with Gasteiger partial charge < -0.3 is 9.80 Å². The second-order valence-electron chi connectivity index (χ2n) is 7.15. The first kappa shape index (κ1) is 21.3. The van der Waals surface area contributed by atoms with Crippen LogP contribution in [0.1, 0.15) is 30.7 Å². The number of aromatic nitrogens is 3. The molecule has 1 aromatic carbocycles. The summed E-state index contributed by atoms with van der Waals surface area (Å²) in [6.45, 7) is 1.53. The van der Waals surface area contributed by atoms with Gasteiger partial charge >= 0.3 is 0 Å². The van der Waals surface area contributed by atoms with E-state index in [0.717, 1.165) is 44.5 Å². The van der Waals surface area contributed by atoms with Crippen molar-refractivity contribution in [1.29, 1.82) is 0 Å². The maximum atomic E-state index is 13.3. The Hall–Kier alpha value is -2.40. The van der Waals surface area contributed by atoms with E-state index in [1.54, 1.807) is 19.0 Å². The molecule has 0 aliphatic carbocycles. The predicted molar refractivity (Wildman–Crippen MR) is 106 cm³/mol. The number of sulfonamides is 1. The van der Waals surface area contributed by atoms with Gasteiger partial charge in [0.15, 0.2) is 5.82 Å². The lowest BCUT2D eigenvalue weighted by Crippen LogP contribution is -2.33. The molecule has 1 aliphatic rings. The lowest BCUT2D eigenvalue weighted by atomic mass is 10.1. The normalized spacial score (nSPS) is 14.8. The van der Waals surface area contributed by atoms with Crippen molar-refractivity contribution in [1.82, 2.24) is 19.7 Å². The van der Waals surface area contributed by atoms with Crippen LogP contribution in [0, 0.1) is 11.6 Å². The topological polar surface area (TPSA) is 91.3 Å². The van der Waals surface area contributed by atoms with Crippen LogP contribution >= 0.6 is 0 Å². The number of rotatable bonds is 7. The van der Waals surface area contributed by atoms with E-state index in [1.165, 1.54) is 0 Å². The molecule has 0 amide bonds. The lowest BCUT2D eigenvalue weighted by Gasteiger charge is -2.27. The van der Waals surface area contributed by atoms with Gasteiger partial charge in [-0.15, -0.1) is 0 Å². The number of hydrogen-bond donors (Lipinski definition) is 1. The van der Waals surface area contributed by atoms with E-state index in [9.17, 15) is 17.2 Å². The van der Waals surface area contributed by atoms with Gasteiger partial charge in [-0.25, -0.2) is 21.9 Å². The van der Waals surface area contributed by atoms with Crippen molar-refractivity contribution < 1.29 is 17.2 Å². The van der Waals surface area contributed by atoms with Crippen LogP contribution in [0.3, 0.4) is 0 Å². The maximum absolute atomic E-state index is 13.3. The molecule has 1 saturated heterocycles. The van der Waals surface area contributed by atoms with E-state index < -0.39 is 27.4 Å². The lowest BCUT2D eigenvalue weighted by molar-refractivity contribution is 0.563. The highest BCUT2D eigenvalue weighted by Gasteiger charge is 2.19. The average Bonchev–Trinajstić information content (AvgIpc) is 2.66. The highest BCUT2D eigenvalue weighted by molar-refractivity contribution is 7.88. The molecule has 1 aliphatic heterocycles. The Balaban J connectivity index is 1.75. The van der Waals surface area contributed by atoms with E-state index in [4.69, 9.17) is 0 Å². The zero-order valence-corrected chi connectivity index (χ0v) is 17.2. The molecule has 1 N–H and O–H groups in total. The largest absolute Gasteiger partial charge is 0.347 e. The van der Waals surface area contributed by atoms with Gasteiger partial charge in [0.05, 0.1) is 12.3 Å². The molecule has 0 bridgehead atoms. The molecule has 2 aromatic rings. The predicted octanol–water partition coefficient (Wildman–Crippen LogP) is 1.83. The molecule has 3 rings (SSSR count). The second-order valence-corrected chi connectivity index (χ2v) is 8.96. The molecular weight excluding hydrogens is 402 g/mol. The third kappa shape index (κ3) is 6.04. The minimum Gasteiger partial charge on any atom is -0.347 e. The molecule has 0 radical (unpaired) electrons. The molecule has 8 nitrogen and oxygen atoms in total. The van der Waals surface area contributed by atoms with Crippen LogP contribution in [0.4, 0.5) is 20.7 Å². The second kappa shape index (κ2) is 8.95. The molecule has 158 valence electrons. The van der Waals surface area contributed by atoms with Crippen LogP contribution in [0.25, 0.3) is 0 Å². The zero-order valence-electron chi connectivity index (χ0n) is 16.4. The Bertz CT molecular complexity index is 945. The highest BCUT2D eigenvalue weighted by Crippen LogP contribution is 2.18. The van der Waals surface area contributed by atoms with Gasteiger partial charge in [-0.1, -0.05) is 0 Å². The van der Waals surface area contributed by atoms with E-state index >= 15 is 0 Å². The Morgan fingerprint density at radius 1 is 1.03 bits per heavy atom. The SMILES string of the molecule is CN(C)c1nc(CNS(=O)(=O)Cc2cc(F)cc(F)c2)nc(N2CCCCC2)n1. The van der Waals surface area contributed by atoms with Crippen molar-refractivity contribution >= 4 is 21.9 Å². The zero-order chi connectivity index (χ0) is 21.0. The van der Waals surface area contributed by atoms with Crippen molar-refractivity contribution in [2.24, 2.45) is 0 Å². The monoisotopic (exact) mass is 426 g/mol. The molecular formula is C18H24F2N6O2S. The van der Waals surface area contributed by atoms with Crippen LogP contribution in [0.5, 0.6) is 0 Å². The molecule has 0 atom stereocenters. The number of piperidine rings is 1. The van der Waals surface area contributed by atoms with Gasteiger partial charge in [0, 0.05) is 33.3 Å². The molecule has 2 heterocycles. The molecule has 0 saturated carbocycles. The summed E-state index contributed by atoms with van der Waals surface area (Å²) < 4.78 is 53.7. The van der Waals surface area contributed by atoms with Crippen LogP contribution < -0.4 is 14.5 Å². The number of benzene rings is 1. The van der Waals surface area contributed by atoms with Crippen molar-refractivity contribution in [2.75, 3.05) is 37.0 Å². The van der Waals surface area contributed by atoms with Crippen molar-refractivity contribution in [2.45, 2.75) is 31.6 Å². The van der Waals surface area contributed by atoms with Crippen molar-refractivity contribution in [3.63, 3.8) is 0 Å². The number of hydrogen-bond acceptors (Lipinski definition) is 7. The number of halogens is 2. The summed E-state index contributed by atoms with van der Waals surface area (Å²) in [5.74, 6) is -0.972. The van der Waals surface area contributed by atoms with E-state index in [-0.39, 0.29) is 17.9 Å². The smallest absolute Gasteiger partial charge is 0.230 e. The first-order valence-electron chi connectivity index (χ1n) is 9.31. The molecule has 0 spiro atoms. The molecule has 11 heteroatoms. The third-order valence-electron chi connectivity index (χ3n) is 4.43. The third-order valence-corrected chi connectivity index (χ3v) is 5.72. The molecule has 0 unspecified atom stereocenters. The summed E-state index contributed by atoms with van der Waals surface area (Å²) in [6.07, 6.45) is 3.26. The number of nitrogens with zero attached hydrogens (tertiary/aromatic N) is 5. The van der Waals surface area contributed by atoms with Gasteiger partial charge in [0.1, 0.15) is 11.6 Å². The van der Waals surface area contributed by atoms with Crippen molar-refractivity contribution in [3.8, 4) is 0 Å². The summed E-state index contributed by atoms with van der Waals surface area (Å²) in [5, 5.41) is 0. The van der Waals surface area contributed by atoms with Gasteiger partial charge in [-0.05, 0) is 37.0 Å². The first-order valence-corrected chi connectivity index (χ1v) is 11.0. The van der Waals surface area contributed by atoms with Gasteiger partial charge in [-0.2, -0.15) is 15.0 Å². The maximum Gasteiger partial charge on any atom is 0.230 e. The minimum atomic E-state index is -3.85. The number of nitrogens with one attached hydrogen (secondary N) is 1. The fraction of sp³-hybridized carbons (Fsp3) is 0.500. The van der Waals surface area contributed by atoms with Gasteiger partial charge in [0.2, 0.25) is 21.9 Å².